The second-order valence-electron chi connectivity index (χ2n) is 6.76. The summed E-state index contributed by atoms with van der Waals surface area (Å²) in [6.07, 6.45) is 4.84. The van der Waals surface area contributed by atoms with Crippen molar-refractivity contribution in [1.82, 2.24) is 0 Å². The maximum absolute atomic E-state index is 9.60. The number of hydrogen-bond donors (Lipinski definition) is 1. The van der Waals surface area contributed by atoms with E-state index in [1.54, 1.807) is 0 Å². The van der Waals surface area contributed by atoms with Gasteiger partial charge in [-0.1, -0.05) is 0 Å². The molecule has 0 aliphatic rings. The van der Waals surface area contributed by atoms with E-state index in [9.17, 15) is 5.11 Å². The summed E-state index contributed by atoms with van der Waals surface area (Å²) in [6.45, 7) is 1.84. The third-order valence-corrected chi connectivity index (χ3v) is 14.9. The topological polar surface area (TPSA) is 20.2 Å². The van der Waals surface area contributed by atoms with Crippen molar-refractivity contribution in [3.8, 4) is 0 Å². The van der Waals surface area contributed by atoms with Crippen LogP contribution >= 0.6 is 0 Å². The predicted molar refractivity (Wildman–Crippen MR) is 114 cm³/mol. The van der Waals surface area contributed by atoms with Crippen molar-refractivity contribution in [2.45, 2.75) is 24.7 Å². The fraction of sp³-hybridized carbons (Fsp3) is 0.167. The van der Waals surface area contributed by atoms with Crippen LogP contribution in [0.2, 0.25) is 5.25 Å². The molecule has 1 N–H and O–H groups in total. The van der Waals surface area contributed by atoms with Gasteiger partial charge in [-0.05, 0) is 0 Å². The number of aliphatic hydroxyl groups is 1. The summed E-state index contributed by atoms with van der Waals surface area (Å²) in [5.41, 5.74) is 0. The zero-order chi connectivity index (χ0) is 18.2. The summed E-state index contributed by atoms with van der Waals surface area (Å²) < 4.78 is 4.39. The van der Waals surface area contributed by atoms with E-state index >= 15 is 0 Å². The van der Waals surface area contributed by atoms with Crippen LogP contribution in [0.25, 0.3) is 0 Å². The molecule has 0 bridgehead atoms. The van der Waals surface area contributed by atoms with E-state index in [1.807, 2.05) is 6.92 Å². The first kappa shape index (κ1) is 18.7. The molecule has 0 unspecified atom stereocenters. The summed E-state index contributed by atoms with van der Waals surface area (Å²) >= 11 is -2.83. The number of benzene rings is 3. The number of aliphatic hydroxyl groups excluding tert-OH is 1. The average Bonchev–Trinajstić information content (AvgIpc) is 2.70. The van der Waals surface area contributed by atoms with E-state index in [-0.39, 0.29) is 6.10 Å². The molecular formula is C24H26GeO. The number of allylic oxidation sites excluding steroid dienone is 1. The van der Waals surface area contributed by atoms with Crippen molar-refractivity contribution in [3.63, 3.8) is 0 Å². The molecule has 26 heavy (non-hydrogen) atoms. The first-order chi connectivity index (χ1) is 12.7. The molecule has 0 aromatic heterocycles. The quantitative estimate of drug-likeness (QED) is 0.473. The molecule has 0 saturated carbocycles. The molecule has 1 atom stereocenters. The van der Waals surface area contributed by atoms with Crippen LogP contribution in [0.1, 0.15) is 13.3 Å². The van der Waals surface area contributed by atoms with Gasteiger partial charge in [-0.3, -0.25) is 0 Å². The van der Waals surface area contributed by atoms with Crippen LogP contribution in [-0.4, -0.2) is 24.5 Å². The average molecular weight is 403 g/mol. The maximum atomic E-state index is 9.60. The van der Waals surface area contributed by atoms with Crippen molar-refractivity contribution in [2.75, 3.05) is 0 Å². The van der Waals surface area contributed by atoms with E-state index in [0.29, 0.717) is 6.42 Å². The van der Waals surface area contributed by atoms with E-state index in [1.165, 1.54) is 13.2 Å². The van der Waals surface area contributed by atoms with Gasteiger partial charge in [-0.15, -0.1) is 0 Å². The molecule has 0 amide bonds. The zero-order valence-corrected chi connectivity index (χ0v) is 17.4. The molecule has 0 spiro atoms. The molecule has 3 aromatic rings. The fourth-order valence-electron chi connectivity index (χ4n) is 3.57. The molecule has 0 aliphatic carbocycles. The Hall–Kier alpha value is -2.10. The molecule has 132 valence electrons. The first-order valence-electron chi connectivity index (χ1n) is 9.23. The molecule has 0 heterocycles. The van der Waals surface area contributed by atoms with Crippen molar-refractivity contribution >= 4 is 26.5 Å². The molecule has 0 saturated heterocycles. The summed E-state index contributed by atoms with van der Waals surface area (Å²) in [5, 5.41) is 10.6. The third-order valence-electron chi connectivity index (χ3n) is 4.87. The van der Waals surface area contributed by atoms with Crippen LogP contribution in [0, 0.1) is 0 Å². The Kier molecular flexibility index (Phi) is 6.48. The minimum atomic E-state index is -2.83. The molecule has 2 heteroatoms. The Morgan fingerprint density at radius 1 is 0.692 bits per heavy atom. The molecule has 0 radical (unpaired) electrons. The summed E-state index contributed by atoms with van der Waals surface area (Å²) in [5.74, 6) is 0. The fourth-order valence-corrected chi connectivity index (χ4v) is 13.0. The third kappa shape index (κ3) is 4.17. The number of hydrogen-bond acceptors (Lipinski definition) is 1. The first-order valence-corrected chi connectivity index (χ1v) is 13.9. The van der Waals surface area contributed by atoms with Crippen molar-refractivity contribution in [3.05, 3.63) is 103 Å². The van der Waals surface area contributed by atoms with Crippen LogP contribution in [0.5, 0.6) is 0 Å². The van der Waals surface area contributed by atoms with Crippen LogP contribution in [-0.2, 0) is 0 Å². The van der Waals surface area contributed by atoms with Gasteiger partial charge in [0.25, 0.3) is 0 Å². The van der Waals surface area contributed by atoms with Crippen molar-refractivity contribution in [2.24, 2.45) is 0 Å². The molecule has 0 fully saturated rings. The van der Waals surface area contributed by atoms with Gasteiger partial charge < -0.3 is 0 Å². The van der Waals surface area contributed by atoms with Gasteiger partial charge in [0.1, 0.15) is 0 Å². The molecule has 3 aromatic carbocycles. The van der Waals surface area contributed by atoms with Gasteiger partial charge in [-0.25, -0.2) is 0 Å². The summed E-state index contributed by atoms with van der Waals surface area (Å²) in [7, 11) is 0. The van der Waals surface area contributed by atoms with Crippen LogP contribution in [0.15, 0.2) is 103 Å². The van der Waals surface area contributed by atoms with Crippen molar-refractivity contribution in [1.29, 1.82) is 0 Å². The Balaban J connectivity index is 2.16. The number of rotatable bonds is 7. The summed E-state index contributed by atoms with van der Waals surface area (Å²) in [4.78, 5) is 0. The normalized spacial score (nSPS) is 13.0. The van der Waals surface area contributed by atoms with Gasteiger partial charge in [0.05, 0.1) is 0 Å². The Bertz CT molecular complexity index is 714. The summed E-state index contributed by atoms with van der Waals surface area (Å²) in [6, 6.07) is 33.0. The van der Waals surface area contributed by atoms with E-state index in [2.05, 4.69) is 103 Å². The minimum absolute atomic E-state index is 0.293. The Labute approximate surface area is 159 Å². The van der Waals surface area contributed by atoms with Crippen LogP contribution in [0.3, 0.4) is 0 Å². The monoisotopic (exact) mass is 404 g/mol. The molecule has 3 rings (SSSR count). The van der Waals surface area contributed by atoms with Crippen molar-refractivity contribution < 1.29 is 5.11 Å². The van der Waals surface area contributed by atoms with E-state index in [4.69, 9.17) is 0 Å². The Morgan fingerprint density at radius 3 is 1.42 bits per heavy atom. The molecule has 1 nitrogen and oxygen atoms in total. The predicted octanol–water partition coefficient (Wildman–Crippen LogP) is 3.48. The Morgan fingerprint density at radius 2 is 1.08 bits per heavy atom. The zero-order valence-electron chi connectivity index (χ0n) is 15.3. The van der Waals surface area contributed by atoms with Crippen LogP contribution < -0.4 is 13.2 Å². The van der Waals surface area contributed by atoms with Gasteiger partial charge in [0, 0.05) is 0 Å². The second-order valence-corrected chi connectivity index (χ2v) is 15.1. The molecule has 0 aliphatic heterocycles. The standard InChI is InChI=1S/C24H26GeO/c1-21(26)13-11-12-20-25(22-14-5-2-6-15-22,23-16-7-3-8-17-23)24-18-9-4-10-19-24/h2-12,14-19,21,26H,13,20H2,1H3/b12-11+/t21-/m1/s1. The van der Waals surface area contributed by atoms with Gasteiger partial charge >= 0.3 is 159 Å². The van der Waals surface area contributed by atoms with Crippen LogP contribution in [0.4, 0.5) is 0 Å². The van der Waals surface area contributed by atoms with Gasteiger partial charge in [-0.2, -0.15) is 0 Å². The van der Waals surface area contributed by atoms with E-state index in [0.717, 1.165) is 5.25 Å². The second kappa shape index (κ2) is 9.02. The van der Waals surface area contributed by atoms with Gasteiger partial charge in [0.15, 0.2) is 0 Å². The molecular weight excluding hydrogens is 377 g/mol. The SMILES string of the molecule is C[C@@H](O)C/C=C/[CH2][Ge]([c]1ccccc1)([c]1ccccc1)[c]1ccccc1. The van der Waals surface area contributed by atoms with E-state index < -0.39 is 13.3 Å². The van der Waals surface area contributed by atoms with Gasteiger partial charge in [0.2, 0.25) is 0 Å².